The Kier molecular flexibility index (Phi) is 3.48. The van der Waals surface area contributed by atoms with Gasteiger partial charge in [0, 0.05) is 35.2 Å². The molecule has 114 valence electrons. The van der Waals surface area contributed by atoms with Crippen LogP contribution in [0.2, 0.25) is 0 Å². The summed E-state index contributed by atoms with van der Waals surface area (Å²) < 4.78 is 2.17. The molecule has 1 fully saturated rings. The van der Waals surface area contributed by atoms with Crippen LogP contribution in [0, 0.1) is 0 Å². The number of carbonyl (C=O) groups excluding carboxylic acids is 2. The largest absolute Gasteiger partial charge is 0.344 e. The van der Waals surface area contributed by atoms with Crippen LogP contribution in [0.15, 0.2) is 36.2 Å². The molecule has 22 heavy (non-hydrogen) atoms. The molecule has 1 N–H and O–H groups in total. The Hall–Kier alpha value is -2.56. The number of para-hydroxylation sites is 1. The molecule has 0 saturated carbocycles. The van der Waals surface area contributed by atoms with Crippen LogP contribution in [0.5, 0.6) is 0 Å². The average molecular weight is 297 g/mol. The standard InChI is InChI=1S/C17H19N3O2/c1-4-19-16(21)14(18-17(19)22)9-12-10-20(11(2)3)15-8-6-5-7-13(12)15/h5-11H,4H2,1-3H3,(H,18,22)/b14-9-. The maximum atomic E-state index is 12.2. The van der Waals surface area contributed by atoms with Crippen LogP contribution in [-0.4, -0.2) is 28.0 Å². The predicted octanol–water partition coefficient (Wildman–Crippen LogP) is 3.13. The van der Waals surface area contributed by atoms with Gasteiger partial charge in [0.05, 0.1) is 0 Å². The minimum absolute atomic E-state index is 0.270. The minimum atomic E-state index is -0.355. The van der Waals surface area contributed by atoms with E-state index in [1.807, 2.05) is 24.4 Å². The van der Waals surface area contributed by atoms with Crippen molar-refractivity contribution in [1.29, 1.82) is 0 Å². The van der Waals surface area contributed by atoms with Gasteiger partial charge in [-0.2, -0.15) is 0 Å². The lowest BCUT2D eigenvalue weighted by Gasteiger charge is -2.08. The SMILES string of the molecule is CCN1C(=O)N/C(=C\c2cn(C(C)C)c3ccccc23)C1=O. The van der Waals surface area contributed by atoms with E-state index in [0.29, 0.717) is 18.3 Å². The van der Waals surface area contributed by atoms with Gasteiger partial charge in [-0.15, -0.1) is 0 Å². The van der Waals surface area contributed by atoms with Gasteiger partial charge in [-0.3, -0.25) is 9.69 Å². The number of fused-ring (bicyclic) bond motifs is 1. The fraction of sp³-hybridized carbons (Fsp3) is 0.294. The number of amides is 3. The maximum Gasteiger partial charge on any atom is 0.328 e. The van der Waals surface area contributed by atoms with E-state index in [9.17, 15) is 9.59 Å². The molecule has 1 aromatic carbocycles. The summed E-state index contributed by atoms with van der Waals surface area (Å²) >= 11 is 0. The number of hydrogen-bond donors (Lipinski definition) is 1. The van der Waals surface area contributed by atoms with Crippen molar-refractivity contribution in [2.24, 2.45) is 0 Å². The molecule has 3 amide bonds. The van der Waals surface area contributed by atoms with Crippen molar-refractivity contribution >= 4 is 28.9 Å². The Morgan fingerprint density at radius 1 is 1.23 bits per heavy atom. The van der Waals surface area contributed by atoms with Gasteiger partial charge >= 0.3 is 6.03 Å². The van der Waals surface area contributed by atoms with Crippen LogP contribution >= 0.6 is 0 Å². The number of benzene rings is 1. The molecular formula is C17H19N3O2. The molecule has 1 aromatic heterocycles. The third-order valence-electron chi connectivity index (χ3n) is 3.91. The first-order valence-corrected chi connectivity index (χ1v) is 7.47. The highest BCUT2D eigenvalue weighted by Gasteiger charge is 2.32. The zero-order valence-corrected chi connectivity index (χ0v) is 13.0. The summed E-state index contributed by atoms with van der Waals surface area (Å²) in [5.41, 5.74) is 2.39. The van der Waals surface area contributed by atoms with Gasteiger partial charge in [0.25, 0.3) is 5.91 Å². The molecule has 1 aliphatic heterocycles. The molecule has 5 heteroatoms. The van der Waals surface area contributed by atoms with Crippen LogP contribution < -0.4 is 5.32 Å². The van der Waals surface area contributed by atoms with E-state index in [4.69, 9.17) is 0 Å². The number of carbonyl (C=O) groups is 2. The first-order valence-electron chi connectivity index (χ1n) is 7.47. The molecule has 0 unspecified atom stereocenters. The van der Waals surface area contributed by atoms with Crippen molar-refractivity contribution in [2.45, 2.75) is 26.8 Å². The zero-order valence-electron chi connectivity index (χ0n) is 13.0. The minimum Gasteiger partial charge on any atom is -0.344 e. The number of rotatable bonds is 3. The summed E-state index contributed by atoms with van der Waals surface area (Å²) in [4.78, 5) is 25.1. The molecule has 0 radical (unpaired) electrons. The Morgan fingerprint density at radius 3 is 2.59 bits per heavy atom. The quantitative estimate of drug-likeness (QED) is 0.699. The molecule has 2 heterocycles. The summed E-state index contributed by atoms with van der Waals surface area (Å²) in [7, 11) is 0. The van der Waals surface area contributed by atoms with E-state index in [-0.39, 0.29) is 11.9 Å². The van der Waals surface area contributed by atoms with Crippen LogP contribution in [0.25, 0.3) is 17.0 Å². The van der Waals surface area contributed by atoms with E-state index in [1.165, 1.54) is 4.90 Å². The number of nitrogens with one attached hydrogen (secondary N) is 1. The normalized spacial score (nSPS) is 17.1. The van der Waals surface area contributed by atoms with E-state index in [1.54, 1.807) is 13.0 Å². The summed E-state index contributed by atoms with van der Waals surface area (Å²) in [5, 5.41) is 3.72. The maximum absolute atomic E-state index is 12.2. The average Bonchev–Trinajstić information content (AvgIpc) is 2.98. The summed E-state index contributed by atoms with van der Waals surface area (Å²) in [6.45, 7) is 6.39. The second-order valence-corrected chi connectivity index (χ2v) is 5.64. The summed E-state index contributed by atoms with van der Waals surface area (Å²) in [6, 6.07) is 8.02. The molecule has 3 rings (SSSR count). The number of imide groups is 1. The number of hydrogen-bond acceptors (Lipinski definition) is 2. The Bertz CT molecular complexity index is 786. The molecule has 1 saturated heterocycles. The lowest BCUT2D eigenvalue weighted by atomic mass is 10.1. The Labute approximate surface area is 129 Å². The smallest absolute Gasteiger partial charge is 0.328 e. The number of aromatic nitrogens is 1. The van der Waals surface area contributed by atoms with Gasteiger partial charge in [-0.05, 0) is 32.9 Å². The van der Waals surface area contributed by atoms with Crippen LogP contribution in [-0.2, 0) is 4.79 Å². The molecule has 0 aliphatic carbocycles. The monoisotopic (exact) mass is 297 g/mol. The van der Waals surface area contributed by atoms with Gasteiger partial charge in [0.2, 0.25) is 0 Å². The zero-order chi connectivity index (χ0) is 15.9. The molecule has 0 atom stereocenters. The van der Waals surface area contributed by atoms with Gasteiger partial charge in [0.15, 0.2) is 0 Å². The first-order chi connectivity index (χ1) is 10.5. The van der Waals surface area contributed by atoms with Crippen LogP contribution in [0.3, 0.4) is 0 Å². The van der Waals surface area contributed by atoms with Gasteiger partial charge in [0.1, 0.15) is 5.70 Å². The van der Waals surface area contributed by atoms with Crippen LogP contribution in [0.1, 0.15) is 32.4 Å². The highest BCUT2D eigenvalue weighted by atomic mass is 16.2. The number of urea groups is 1. The van der Waals surface area contributed by atoms with Crippen molar-refractivity contribution in [3.8, 4) is 0 Å². The molecule has 0 spiro atoms. The third-order valence-corrected chi connectivity index (χ3v) is 3.91. The van der Waals surface area contributed by atoms with Crippen molar-refractivity contribution in [3.63, 3.8) is 0 Å². The van der Waals surface area contributed by atoms with Gasteiger partial charge in [-0.1, -0.05) is 18.2 Å². The fourth-order valence-electron chi connectivity index (χ4n) is 2.79. The van der Waals surface area contributed by atoms with Crippen LogP contribution in [0.4, 0.5) is 4.79 Å². The van der Waals surface area contributed by atoms with Gasteiger partial charge in [-0.25, -0.2) is 4.79 Å². The predicted molar refractivity (Wildman–Crippen MR) is 86.2 cm³/mol. The van der Waals surface area contributed by atoms with E-state index < -0.39 is 0 Å². The lowest BCUT2D eigenvalue weighted by Crippen LogP contribution is -2.30. The molecular weight excluding hydrogens is 278 g/mol. The number of nitrogens with zero attached hydrogens (tertiary/aromatic N) is 2. The first kappa shape index (κ1) is 14.4. The van der Waals surface area contributed by atoms with Gasteiger partial charge < -0.3 is 9.88 Å². The van der Waals surface area contributed by atoms with E-state index in [2.05, 4.69) is 29.8 Å². The Balaban J connectivity index is 2.10. The fourth-order valence-corrected chi connectivity index (χ4v) is 2.79. The van der Waals surface area contributed by atoms with E-state index in [0.717, 1.165) is 16.5 Å². The van der Waals surface area contributed by atoms with Crippen molar-refractivity contribution in [3.05, 3.63) is 41.7 Å². The van der Waals surface area contributed by atoms with E-state index >= 15 is 0 Å². The molecule has 5 nitrogen and oxygen atoms in total. The number of likely N-dealkylation sites (N-methyl/N-ethyl adjacent to an activating group) is 1. The Morgan fingerprint density at radius 2 is 1.95 bits per heavy atom. The summed E-state index contributed by atoms with van der Waals surface area (Å²) in [6.07, 6.45) is 3.79. The second kappa shape index (κ2) is 5.33. The highest BCUT2D eigenvalue weighted by Crippen LogP contribution is 2.27. The molecule has 0 bridgehead atoms. The highest BCUT2D eigenvalue weighted by molar-refractivity contribution is 6.14. The topological polar surface area (TPSA) is 54.3 Å². The van der Waals surface area contributed by atoms with Crippen molar-refractivity contribution < 1.29 is 9.59 Å². The lowest BCUT2D eigenvalue weighted by molar-refractivity contribution is -0.122. The second-order valence-electron chi connectivity index (χ2n) is 5.64. The molecule has 1 aliphatic rings. The van der Waals surface area contributed by atoms with Crippen molar-refractivity contribution in [2.75, 3.05) is 6.54 Å². The summed E-state index contributed by atoms with van der Waals surface area (Å²) in [5.74, 6) is -0.270. The molecule has 2 aromatic rings. The van der Waals surface area contributed by atoms with Crippen molar-refractivity contribution in [1.82, 2.24) is 14.8 Å². The third kappa shape index (κ3) is 2.19.